The van der Waals surface area contributed by atoms with Crippen molar-refractivity contribution < 1.29 is 0 Å². The first kappa shape index (κ1) is 11.3. The Bertz CT molecular complexity index is 256. The molecule has 1 nitrogen and oxygen atoms in total. The van der Waals surface area contributed by atoms with E-state index >= 15 is 0 Å². The standard InChI is InChI=1S/C10H15N.ClH/c1-7(2)9-5-4-8(3)6-10(9)11;/h4-7H,11H2,1-3H3;1H. The number of anilines is 1. The molecule has 0 spiro atoms. The van der Waals surface area contributed by atoms with E-state index in [-0.39, 0.29) is 12.4 Å². The van der Waals surface area contributed by atoms with Crippen LogP contribution in [0.4, 0.5) is 5.69 Å². The third-order valence-electron chi connectivity index (χ3n) is 1.86. The maximum Gasteiger partial charge on any atom is 0.0351 e. The minimum absolute atomic E-state index is 0. The van der Waals surface area contributed by atoms with Crippen molar-refractivity contribution in [2.45, 2.75) is 26.7 Å². The highest BCUT2D eigenvalue weighted by molar-refractivity contribution is 5.85. The average Bonchev–Trinajstić information content (AvgIpc) is 1.85. The van der Waals surface area contributed by atoms with Gasteiger partial charge in [0.2, 0.25) is 0 Å². The van der Waals surface area contributed by atoms with E-state index in [1.807, 2.05) is 6.07 Å². The van der Waals surface area contributed by atoms with Crippen molar-refractivity contribution in [1.29, 1.82) is 0 Å². The Morgan fingerprint density at radius 3 is 2.25 bits per heavy atom. The quantitative estimate of drug-likeness (QED) is 0.669. The number of nitrogen functional groups attached to an aromatic ring is 1. The zero-order valence-electron chi connectivity index (χ0n) is 7.79. The van der Waals surface area contributed by atoms with Crippen LogP contribution in [0.2, 0.25) is 0 Å². The lowest BCUT2D eigenvalue weighted by Crippen LogP contribution is -1.96. The van der Waals surface area contributed by atoms with Gasteiger partial charge in [-0.25, -0.2) is 0 Å². The first-order valence-corrected chi connectivity index (χ1v) is 3.97. The molecule has 12 heavy (non-hydrogen) atoms. The van der Waals surface area contributed by atoms with Crippen LogP contribution < -0.4 is 5.73 Å². The van der Waals surface area contributed by atoms with Crippen molar-refractivity contribution in [3.05, 3.63) is 29.3 Å². The van der Waals surface area contributed by atoms with Crippen LogP contribution in [0.5, 0.6) is 0 Å². The maximum atomic E-state index is 5.82. The Labute approximate surface area is 80.4 Å². The normalized spacial score (nSPS) is 9.67. The number of hydrogen-bond donors (Lipinski definition) is 1. The van der Waals surface area contributed by atoms with Gasteiger partial charge in [0.1, 0.15) is 0 Å². The molecule has 0 bridgehead atoms. The van der Waals surface area contributed by atoms with Crippen molar-refractivity contribution >= 4 is 18.1 Å². The van der Waals surface area contributed by atoms with Crippen LogP contribution >= 0.6 is 12.4 Å². The molecule has 1 rings (SSSR count). The van der Waals surface area contributed by atoms with Gasteiger partial charge in [-0.3, -0.25) is 0 Å². The lowest BCUT2D eigenvalue weighted by atomic mass is 10.00. The summed E-state index contributed by atoms with van der Waals surface area (Å²) in [6.45, 7) is 6.36. The summed E-state index contributed by atoms with van der Waals surface area (Å²) in [7, 11) is 0. The fourth-order valence-corrected chi connectivity index (χ4v) is 1.22. The SMILES string of the molecule is Cc1ccc(C(C)C)c(N)c1.Cl. The fourth-order valence-electron chi connectivity index (χ4n) is 1.22. The Hall–Kier alpha value is -0.690. The lowest BCUT2D eigenvalue weighted by molar-refractivity contribution is 0.869. The summed E-state index contributed by atoms with van der Waals surface area (Å²) in [4.78, 5) is 0. The minimum Gasteiger partial charge on any atom is -0.398 e. The second kappa shape index (κ2) is 4.36. The zero-order chi connectivity index (χ0) is 8.43. The molecule has 0 heterocycles. The van der Waals surface area contributed by atoms with Crippen molar-refractivity contribution in [1.82, 2.24) is 0 Å². The first-order chi connectivity index (χ1) is 5.11. The summed E-state index contributed by atoms with van der Waals surface area (Å²) in [5.74, 6) is 0.524. The van der Waals surface area contributed by atoms with Gasteiger partial charge in [-0.1, -0.05) is 26.0 Å². The smallest absolute Gasteiger partial charge is 0.0351 e. The molecular formula is C10H16ClN. The summed E-state index contributed by atoms with van der Waals surface area (Å²) >= 11 is 0. The van der Waals surface area contributed by atoms with E-state index in [4.69, 9.17) is 5.73 Å². The monoisotopic (exact) mass is 185 g/mol. The van der Waals surface area contributed by atoms with Crippen LogP contribution in [-0.4, -0.2) is 0 Å². The van der Waals surface area contributed by atoms with Gasteiger partial charge in [0, 0.05) is 5.69 Å². The van der Waals surface area contributed by atoms with Crippen LogP contribution in [0.25, 0.3) is 0 Å². The van der Waals surface area contributed by atoms with Crippen molar-refractivity contribution in [3.8, 4) is 0 Å². The second-order valence-electron chi connectivity index (χ2n) is 3.29. The summed E-state index contributed by atoms with van der Waals surface area (Å²) in [6, 6.07) is 6.23. The predicted molar refractivity (Wildman–Crippen MR) is 56.9 cm³/mol. The molecule has 0 atom stereocenters. The molecule has 0 aliphatic carbocycles. The fraction of sp³-hybridized carbons (Fsp3) is 0.400. The molecule has 0 unspecified atom stereocenters. The number of hydrogen-bond acceptors (Lipinski definition) is 1. The molecule has 0 radical (unpaired) electrons. The third kappa shape index (κ3) is 2.42. The maximum absolute atomic E-state index is 5.82. The topological polar surface area (TPSA) is 26.0 Å². The first-order valence-electron chi connectivity index (χ1n) is 3.97. The van der Waals surface area contributed by atoms with Gasteiger partial charge >= 0.3 is 0 Å². The van der Waals surface area contributed by atoms with Crippen LogP contribution in [0, 0.1) is 6.92 Å². The highest BCUT2D eigenvalue weighted by atomic mass is 35.5. The van der Waals surface area contributed by atoms with Gasteiger partial charge in [-0.2, -0.15) is 0 Å². The predicted octanol–water partition coefficient (Wildman–Crippen LogP) is 3.12. The van der Waals surface area contributed by atoms with Gasteiger partial charge in [0.25, 0.3) is 0 Å². The minimum atomic E-state index is 0. The van der Waals surface area contributed by atoms with E-state index in [9.17, 15) is 0 Å². The highest BCUT2D eigenvalue weighted by Crippen LogP contribution is 2.21. The van der Waals surface area contributed by atoms with E-state index in [1.165, 1.54) is 11.1 Å². The van der Waals surface area contributed by atoms with E-state index in [2.05, 4.69) is 32.9 Å². The van der Waals surface area contributed by atoms with Gasteiger partial charge in [0.05, 0.1) is 0 Å². The summed E-state index contributed by atoms with van der Waals surface area (Å²) in [6.07, 6.45) is 0. The molecule has 0 aromatic heterocycles. The molecular weight excluding hydrogens is 170 g/mol. The van der Waals surface area contributed by atoms with Gasteiger partial charge in [0.15, 0.2) is 0 Å². The molecule has 1 aromatic rings. The van der Waals surface area contributed by atoms with Crippen LogP contribution in [0.15, 0.2) is 18.2 Å². The number of aryl methyl sites for hydroxylation is 1. The Morgan fingerprint density at radius 2 is 1.83 bits per heavy atom. The summed E-state index contributed by atoms with van der Waals surface area (Å²) in [5.41, 5.74) is 9.21. The summed E-state index contributed by atoms with van der Waals surface area (Å²) in [5, 5.41) is 0. The van der Waals surface area contributed by atoms with Crippen LogP contribution in [0.1, 0.15) is 30.9 Å². The van der Waals surface area contributed by atoms with Crippen LogP contribution in [0.3, 0.4) is 0 Å². The number of benzene rings is 1. The largest absolute Gasteiger partial charge is 0.398 e. The molecule has 0 saturated heterocycles. The molecule has 0 amide bonds. The molecule has 68 valence electrons. The zero-order valence-corrected chi connectivity index (χ0v) is 8.61. The molecule has 0 saturated carbocycles. The van der Waals surface area contributed by atoms with Gasteiger partial charge in [-0.05, 0) is 30.0 Å². The summed E-state index contributed by atoms with van der Waals surface area (Å²) < 4.78 is 0. The van der Waals surface area contributed by atoms with Crippen molar-refractivity contribution in [2.75, 3.05) is 5.73 Å². The van der Waals surface area contributed by atoms with E-state index in [1.54, 1.807) is 0 Å². The number of halogens is 1. The molecule has 2 heteroatoms. The number of rotatable bonds is 1. The van der Waals surface area contributed by atoms with Crippen molar-refractivity contribution in [3.63, 3.8) is 0 Å². The number of nitrogens with two attached hydrogens (primary N) is 1. The third-order valence-corrected chi connectivity index (χ3v) is 1.86. The van der Waals surface area contributed by atoms with E-state index < -0.39 is 0 Å². The molecule has 2 N–H and O–H groups in total. The van der Waals surface area contributed by atoms with E-state index in [0.29, 0.717) is 5.92 Å². The van der Waals surface area contributed by atoms with E-state index in [0.717, 1.165) is 5.69 Å². The molecule has 1 aromatic carbocycles. The van der Waals surface area contributed by atoms with Gasteiger partial charge < -0.3 is 5.73 Å². The second-order valence-corrected chi connectivity index (χ2v) is 3.29. The lowest BCUT2D eigenvalue weighted by Gasteiger charge is -2.08. The molecule has 0 aliphatic rings. The Kier molecular flexibility index (Phi) is 4.11. The Balaban J connectivity index is 0.00000121. The molecule has 0 fully saturated rings. The molecule has 0 aliphatic heterocycles. The van der Waals surface area contributed by atoms with Crippen LogP contribution in [-0.2, 0) is 0 Å². The highest BCUT2D eigenvalue weighted by Gasteiger charge is 2.02. The Morgan fingerprint density at radius 1 is 1.25 bits per heavy atom. The van der Waals surface area contributed by atoms with Gasteiger partial charge in [-0.15, -0.1) is 12.4 Å². The average molecular weight is 186 g/mol. The van der Waals surface area contributed by atoms with Crippen molar-refractivity contribution in [2.24, 2.45) is 0 Å².